The van der Waals surface area contributed by atoms with Gasteiger partial charge in [0.2, 0.25) is 5.91 Å². The molecule has 19 heavy (non-hydrogen) atoms. The Hall–Kier alpha value is -2.30. The molecule has 0 aliphatic carbocycles. The van der Waals surface area contributed by atoms with Gasteiger partial charge in [0.1, 0.15) is 0 Å². The van der Waals surface area contributed by atoms with Crippen LogP contribution in [0.3, 0.4) is 0 Å². The van der Waals surface area contributed by atoms with E-state index in [1.165, 1.54) is 6.92 Å². The molecule has 0 aliphatic rings. The van der Waals surface area contributed by atoms with Crippen molar-refractivity contribution in [1.82, 2.24) is 9.78 Å². The molecule has 5 nitrogen and oxygen atoms in total. The normalized spacial score (nSPS) is 10.3. The van der Waals surface area contributed by atoms with Gasteiger partial charge >= 0.3 is 0 Å². The van der Waals surface area contributed by atoms with Gasteiger partial charge in [-0.15, -0.1) is 0 Å². The average molecular weight is 258 g/mol. The first-order chi connectivity index (χ1) is 8.97. The molecule has 0 aliphatic heterocycles. The Labute approximate surface area is 112 Å². The van der Waals surface area contributed by atoms with E-state index in [1.807, 2.05) is 49.8 Å². The number of hydrogen-bond donors (Lipinski definition) is 2. The first-order valence-electron chi connectivity index (χ1n) is 6.12. The Bertz CT molecular complexity index is 616. The Morgan fingerprint density at radius 1 is 1.26 bits per heavy atom. The molecule has 1 heterocycles. The van der Waals surface area contributed by atoms with Gasteiger partial charge in [0.25, 0.3) is 0 Å². The smallest absolute Gasteiger partial charge is 0.221 e. The zero-order chi connectivity index (χ0) is 14.0. The number of rotatable bonds is 3. The van der Waals surface area contributed by atoms with Gasteiger partial charge in [0.05, 0.1) is 17.1 Å². The van der Waals surface area contributed by atoms with Crippen molar-refractivity contribution in [2.24, 2.45) is 7.05 Å². The van der Waals surface area contributed by atoms with E-state index in [1.54, 1.807) is 0 Å². The minimum atomic E-state index is -0.0779. The molecule has 1 aromatic carbocycles. The van der Waals surface area contributed by atoms with E-state index in [-0.39, 0.29) is 5.91 Å². The van der Waals surface area contributed by atoms with Crippen molar-refractivity contribution in [1.29, 1.82) is 0 Å². The third-order valence-corrected chi connectivity index (χ3v) is 2.96. The van der Waals surface area contributed by atoms with Crippen LogP contribution in [-0.4, -0.2) is 15.7 Å². The highest BCUT2D eigenvalue weighted by molar-refractivity contribution is 5.89. The van der Waals surface area contributed by atoms with Gasteiger partial charge in [-0.3, -0.25) is 9.48 Å². The van der Waals surface area contributed by atoms with Gasteiger partial charge in [-0.25, -0.2) is 0 Å². The van der Waals surface area contributed by atoms with Gasteiger partial charge in [-0.1, -0.05) is 6.07 Å². The second-order valence-electron chi connectivity index (χ2n) is 4.56. The van der Waals surface area contributed by atoms with Crippen LogP contribution in [0.5, 0.6) is 0 Å². The quantitative estimate of drug-likeness (QED) is 0.890. The molecule has 2 N–H and O–H groups in total. The number of nitrogens with zero attached hydrogens (tertiary/aromatic N) is 2. The van der Waals surface area contributed by atoms with E-state index in [4.69, 9.17) is 0 Å². The zero-order valence-corrected chi connectivity index (χ0v) is 11.6. The van der Waals surface area contributed by atoms with E-state index >= 15 is 0 Å². The van der Waals surface area contributed by atoms with Crippen LogP contribution in [0.25, 0.3) is 0 Å². The van der Waals surface area contributed by atoms with E-state index in [9.17, 15) is 4.79 Å². The van der Waals surface area contributed by atoms with Crippen LogP contribution < -0.4 is 10.6 Å². The second-order valence-corrected chi connectivity index (χ2v) is 4.56. The van der Waals surface area contributed by atoms with Crippen LogP contribution in [0.15, 0.2) is 24.3 Å². The van der Waals surface area contributed by atoms with Crippen LogP contribution in [0.2, 0.25) is 0 Å². The number of nitrogens with one attached hydrogen (secondary N) is 2. The summed E-state index contributed by atoms with van der Waals surface area (Å²) in [5, 5.41) is 10.5. The molecule has 0 fully saturated rings. The third kappa shape index (κ3) is 2.93. The van der Waals surface area contributed by atoms with E-state index in [2.05, 4.69) is 15.7 Å². The Morgan fingerprint density at radius 3 is 2.53 bits per heavy atom. The summed E-state index contributed by atoms with van der Waals surface area (Å²) < 4.78 is 1.84. The summed E-state index contributed by atoms with van der Waals surface area (Å²) in [6, 6.07) is 7.61. The van der Waals surface area contributed by atoms with E-state index in [0.29, 0.717) is 0 Å². The lowest BCUT2D eigenvalue weighted by molar-refractivity contribution is -0.114. The molecule has 0 unspecified atom stereocenters. The van der Waals surface area contributed by atoms with Gasteiger partial charge in [0, 0.05) is 25.3 Å². The molecule has 0 bridgehead atoms. The summed E-state index contributed by atoms with van der Waals surface area (Å²) in [6.07, 6.45) is 0. The fraction of sp³-hybridized carbons (Fsp3) is 0.286. The molecule has 2 aromatic rings. The van der Waals surface area contributed by atoms with Crippen molar-refractivity contribution in [2.75, 3.05) is 10.6 Å². The molecule has 1 amide bonds. The van der Waals surface area contributed by atoms with Crippen LogP contribution in [0.4, 0.5) is 17.1 Å². The van der Waals surface area contributed by atoms with Gasteiger partial charge in [-0.05, 0) is 32.0 Å². The van der Waals surface area contributed by atoms with Gasteiger partial charge in [0.15, 0.2) is 0 Å². The maximum absolute atomic E-state index is 11.0. The van der Waals surface area contributed by atoms with Gasteiger partial charge in [-0.2, -0.15) is 5.10 Å². The first-order valence-corrected chi connectivity index (χ1v) is 6.12. The number of benzene rings is 1. The van der Waals surface area contributed by atoms with Crippen LogP contribution >= 0.6 is 0 Å². The lowest BCUT2D eigenvalue weighted by Crippen LogP contribution is -2.05. The molecule has 0 saturated heterocycles. The standard InChI is InChI=1S/C14H18N4O/c1-9-14(10(2)18(4)17-9)16-13-7-5-6-12(8-13)15-11(3)19/h5-8,16H,1-4H3,(H,15,19). The van der Waals surface area contributed by atoms with Crippen LogP contribution in [0.1, 0.15) is 18.3 Å². The van der Waals surface area contributed by atoms with E-state index in [0.717, 1.165) is 28.5 Å². The predicted molar refractivity (Wildman–Crippen MR) is 76.7 cm³/mol. The molecule has 5 heteroatoms. The number of hydrogen-bond acceptors (Lipinski definition) is 3. The van der Waals surface area contributed by atoms with Gasteiger partial charge < -0.3 is 10.6 Å². The number of aromatic nitrogens is 2. The number of carbonyl (C=O) groups is 1. The summed E-state index contributed by atoms with van der Waals surface area (Å²) >= 11 is 0. The van der Waals surface area contributed by atoms with E-state index < -0.39 is 0 Å². The molecule has 0 radical (unpaired) electrons. The fourth-order valence-electron chi connectivity index (χ4n) is 1.98. The van der Waals surface area contributed by atoms with Crippen molar-refractivity contribution in [3.05, 3.63) is 35.7 Å². The Balaban J connectivity index is 2.26. The summed E-state index contributed by atoms with van der Waals surface area (Å²) in [5.41, 5.74) is 4.72. The SMILES string of the molecule is CC(=O)Nc1cccc(Nc2c(C)nn(C)c2C)c1. The fourth-order valence-corrected chi connectivity index (χ4v) is 1.98. The predicted octanol–water partition coefficient (Wildman–Crippen LogP) is 2.74. The van der Waals surface area contributed by atoms with Crippen molar-refractivity contribution >= 4 is 23.0 Å². The number of anilines is 3. The topological polar surface area (TPSA) is 59.0 Å². The van der Waals surface area contributed by atoms with Crippen LogP contribution in [-0.2, 0) is 11.8 Å². The average Bonchev–Trinajstić information content (AvgIpc) is 2.56. The summed E-state index contributed by atoms with van der Waals surface area (Å²) in [7, 11) is 1.92. The molecule has 0 spiro atoms. The number of amides is 1. The molecule has 0 saturated carbocycles. The number of aryl methyl sites for hydroxylation is 2. The third-order valence-electron chi connectivity index (χ3n) is 2.96. The maximum atomic E-state index is 11.0. The summed E-state index contributed by atoms with van der Waals surface area (Å²) in [4.78, 5) is 11.0. The minimum absolute atomic E-state index is 0.0779. The highest BCUT2D eigenvalue weighted by atomic mass is 16.1. The maximum Gasteiger partial charge on any atom is 0.221 e. The Kier molecular flexibility index (Phi) is 3.55. The zero-order valence-electron chi connectivity index (χ0n) is 11.6. The monoisotopic (exact) mass is 258 g/mol. The molecule has 0 atom stereocenters. The lowest BCUT2D eigenvalue weighted by atomic mass is 10.2. The largest absolute Gasteiger partial charge is 0.352 e. The molecular weight excluding hydrogens is 240 g/mol. The summed E-state index contributed by atoms with van der Waals surface area (Å²) in [6.45, 7) is 5.47. The van der Waals surface area contributed by atoms with Crippen molar-refractivity contribution in [3.63, 3.8) is 0 Å². The minimum Gasteiger partial charge on any atom is -0.352 e. The van der Waals surface area contributed by atoms with Crippen molar-refractivity contribution in [3.8, 4) is 0 Å². The molecule has 100 valence electrons. The van der Waals surface area contributed by atoms with Crippen LogP contribution in [0, 0.1) is 13.8 Å². The lowest BCUT2D eigenvalue weighted by Gasteiger charge is -2.09. The number of carbonyl (C=O) groups excluding carboxylic acids is 1. The van der Waals surface area contributed by atoms with Crippen molar-refractivity contribution < 1.29 is 4.79 Å². The van der Waals surface area contributed by atoms with Crippen molar-refractivity contribution in [2.45, 2.75) is 20.8 Å². The second kappa shape index (κ2) is 5.14. The first kappa shape index (κ1) is 13.1. The highest BCUT2D eigenvalue weighted by Gasteiger charge is 2.09. The molecular formula is C14H18N4O. The molecule has 1 aromatic heterocycles. The molecule has 2 rings (SSSR count). The summed E-state index contributed by atoms with van der Waals surface area (Å²) in [5.74, 6) is -0.0779. The highest BCUT2D eigenvalue weighted by Crippen LogP contribution is 2.25. The Morgan fingerprint density at radius 2 is 1.95 bits per heavy atom.